The molecule has 2 saturated heterocycles. The molecule has 2 aromatic rings. The predicted molar refractivity (Wildman–Crippen MR) is 89.5 cm³/mol. The van der Waals surface area contributed by atoms with Crippen LogP contribution in [0.15, 0.2) is 49.1 Å². The fourth-order valence-electron chi connectivity index (χ4n) is 3.64. The zero-order valence-electron chi connectivity index (χ0n) is 13.2. The van der Waals surface area contributed by atoms with Crippen LogP contribution in [0.1, 0.15) is 5.56 Å². The lowest BCUT2D eigenvalue weighted by Gasteiger charge is -2.38. The number of benzene rings is 1. The van der Waals surface area contributed by atoms with Gasteiger partial charge in [-0.05, 0) is 12.0 Å². The Morgan fingerprint density at radius 2 is 1.91 bits per heavy atom. The molecule has 0 radical (unpaired) electrons. The van der Waals surface area contributed by atoms with E-state index in [9.17, 15) is 0 Å². The van der Waals surface area contributed by atoms with Crippen LogP contribution in [0.4, 0.5) is 5.69 Å². The highest BCUT2D eigenvalue weighted by Gasteiger charge is 2.40. The summed E-state index contributed by atoms with van der Waals surface area (Å²) in [6, 6.07) is 11.1. The highest BCUT2D eigenvalue weighted by Crippen LogP contribution is 2.27. The zero-order chi connectivity index (χ0) is 15.5. The molecule has 0 N–H and O–H groups in total. The Morgan fingerprint density at radius 3 is 2.74 bits per heavy atom. The van der Waals surface area contributed by atoms with Crippen molar-refractivity contribution in [2.24, 2.45) is 0 Å². The number of ether oxygens (including phenoxy) is 1. The van der Waals surface area contributed by atoms with Gasteiger partial charge in [0.05, 0.1) is 36.8 Å². The van der Waals surface area contributed by atoms with Gasteiger partial charge in [0.15, 0.2) is 0 Å². The van der Waals surface area contributed by atoms with Crippen LogP contribution >= 0.6 is 0 Å². The van der Waals surface area contributed by atoms with Crippen molar-refractivity contribution >= 4 is 5.69 Å². The third-order valence-electron chi connectivity index (χ3n) is 4.82. The highest BCUT2D eigenvalue weighted by atomic mass is 16.5. The van der Waals surface area contributed by atoms with E-state index in [2.05, 4.69) is 50.1 Å². The fourth-order valence-corrected chi connectivity index (χ4v) is 3.64. The largest absolute Gasteiger partial charge is 0.373 e. The molecule has 120 valence electrons. The molecular formula is C18H22N4O. The summed E-state index contributed by atoms with van der Waals surface area (Å²) in [5, 5.41) is 0. The van der Waals surface area contributed by atoms with E-state index in [1.54, 1.807) is 6.33 Å². The lowest BCUT2D eigenvalue weighted by molar-refractivity contribution is 0.0309. The first-order valence-corrected chi connectivity index (χ1v) is 8.30. The average molecular weight is 310 g/mol. The molecule has 2 aliphatic heterocycles. The van der Waals surface area contributed by atoms with E-state index in [4.69, 9.17) is 4.74 Å². The first-order valence-electron chi connectivity index (χ1n) is 8.30. The molecule has 3 heterocycles. The van der Waals surface area contributed by atoms with Crippen LogP contribution in [0.25, 0.3) is 0 Å². The van der Waals surface area contributed by atoms with E-state index in [0.29, 0.717) is 12.1 Å². The molecule has 0 amide bonds. The molecule has 2 atom stereocenters. The normalized spacial score (nSPS) is 24.6. The van der Waals surface area contributed by atoms with Gasteiger partial charge in [-0.1, -0.05) is 30.3 Å². The fraction of sp³-hybridized carbons (Fsp3) is 0.444. The number of likely N-dealkylation sites (tertiary alicyclic amines) is 1. The van der Waals surface area contributed by atoms with Gasteiger partial charge in [-0.3, -0.25) is 4.90 Å². The molecule has 23 heavy (non-hydrogen) atoms. The minimum atomic E-state index is 0.291. The lowest BCUT2D eigenvalue weighted by atomic mass is 10.1. The molecular weight excluding hydrogens is 288 g/mol. The molecule has 2 aliphatic rings. The van der Waals surface area contributed by atoms with Crippen molar-refractivity contribution < 1.29 is 4.74 Å². The minimum Gasteiger partial charge on any atom is -0.373 e. The SMILES string of the molecule is c1ccc(CCN2C[C@@H]3OCCN(c4cncnc4)[C@@H]3C2)cc1. The van der Waals surface area contributed by atoms with E-state index >= 15 is 0 Å². The Kier molecular flexibility index (Phi) is 4.22. The topological polar surface area (TPSA) is 41.5 Å². The second-order valence-electron chi connectivity index (χ2n) is 6.26. The average Bonchev–Trinajstić information content (AvgIpc) is 3.04. The summed E-state index contributed by atoms with van der Waals surface area (Å²) in [6.45, 7) is 4.84. The predicted octanol–water partition coefficient (Wildman–Crippen LogP) is 1.61. The van der Waals surface area contributed by atoms with E-state index in [1.807, 2.05) is 12.4 Å². The molecule has 0 saturated carbocycles. The molecule has 1 aromatic carbocycles. The summed E-state index contributed by atoms with van der Waals surface area (Å²) >= 11 is 0. The molecule has 1 aromatic heterocycles. The number of hydrogen-bond acceptors (Lipinski definition) is 5. The van der Waals surface area contributed by atoms with Gasteiger partial charge in [-0.25, -0.2) is 9.97 Å². The van der Waals surface area contributed by atoms with Crippen LogP contribution in [-0.2, 0) is 11.2 Å². The van der Waals surface area contributed by atoms with Crippen molar-refractivity contribution in [3.8, 4) is 0 Å². The quantitative estimate of drug-likeness (QED) is 0.858. The summed E-state index contributed by atoms with van der Waals surface area (Å²) in [4.78, 5) is 13.3. The standard InChI is InChI=1S/C18H22N4O/c1-2-4-15(5-3-1)6-7-21-12-17-18(13-21)23-9-8-22(17)16-10-19-14-20-11-16/h1-5,10-11,14,17-18H,6-9,12-13H2/t17-,18+/m1/s1. The molecule has 5 nitrogen and oxygen atoms in total. The van der Waals surface area contributed by atoms with Crippen LogP contribution < -0.4 is 4.90 Å². The molecule has 4 rings (SSSR count). The van der Waals surface area contributed by atoms with Gasteiger partial charge in [0, 0.05) is 26.2 Å². The van der Waals surface area contributed by atoms with Gasteiger partial charge < -0.3 is 9.64 Å². The third-order valence-corrected chi connectivity index (χ3v) is 4.82. The van der Waals surface area contributed by atoms with E-state index in [-0.39, 0.29) is 0 Å². The van der Waals surface area contributed by atoms with Gasteiger partial charge in [0.2, 0.25) is 0 Å². The number of fused-ring (bicyclic) bond motifs is 1. The van der Waals surface area contributed by atoms with Gasteiger partial charge in [0.1, 0.15) is 6.33 Å². The molecule has 0 unspecified atom stereocenters. The molecule has 0 bridgehead atoms. The van der Waals surface area contributed by atoms with E-state index in [0.717, 1.165) is 44.9 Å². The minimum absolute atomic E-state index is 0.291. The maximum Gasteiger partial charge on any atom is 0.115 e. The summed E-state index contributed by atoms with van der Waals surface area (Å²) in [7, 11) is 0. The number of nitrogens with zero attached hydrogens (tertiary/aromatic N) is 4. The second kappa shape index (κ2) is 6.64. The number of rotatable bonds is 4. The van der Waals surface area contributed by atoms with Crippen molar-refractivity contribution in [2.45, 2.75) is 18.6 Å². The maximum absolute atomic E-state index is 6.01. The monoisotopic (exact) mass is 310 g/mol. The van der Waals surface area contributed by atoms with Crippen LogP contribution in [0.2, 0.25) is 0 Å². The Morgan fingerprint density at radius 1 is 1.09 bits per heavy atom. The van der Waals surface area contributed by atoms with Gasteiger partial charge in [0.25, 0.3) is 0 Å². The van der Waals surface area contributed by atoms with Crippen molar-refractivity contribution in [3.05, 3.63) is 54.6 Å². The van der Waals surface area contributed by atoms with Gasteiger partial charge >= 0.3 is 0 Å². The first kappa shape index (κ1) is 14.6. The number of hydrogen-bond donors (Lipinski definition) is 0. The first-order chi connectivity index (χ1) is 11.4. The number of aromatic nitrogens is 2. The van der Waals surface area contributed by atoms with Gasteiger partial charge in [-0.15, -0.1) is 0 Å². The number of anilines is 1. The lowest BCUT2D eigenvalue weighted by Crippen LogP contribution is -2.51. The van der Waals surface area contributed by atoms with Crippen molar-refractivity contribution in [2.75, 3.05) is 37.7 Å². The maximum atomic E-state index is 6.01. The van der Waals surface area contributed by atoms with Crippen LogP contribution in [-0.4, -0.2) is 59.8 Å². The zero-order valence-corrected chi connectivity index (χ0v) is 13.2. The Hall–Kier alpha value is -1.98. The number of morpholine rings is 1. The Labute approximate surface area is 136 Å². The summed E-state index contributed by atoms with van der Waals surface area (Å²) in [5.41, 5.74) is 2.51. The molecule has 0 aliphatic carbocycles. The Bertz CT molecular complexity index is 621. The van der Waals surface area contributed by atoms with Crippen LogP contribution in [0.3, 0.4) is 0 Å². The Balaban J connectivity index is 1.41. The molecule has 5 heteroatoms. The smallest absolute Gasteiger partial charge is 0.115 e. The summed E-state index contributed by atoms with van der Waals surface area (Å²) in [6.07, 6.45) is 6.78. The van der Waals surface area contributed by atoms with Gasteiger partial charge in [-0.2, -0.15) is 0 Å². The van der Waals surface area contributed by atoms with E-state index < -0.39 is 0 Å². The third kappa shape index (κ3) is 3.21. The van der Waals surface area contributed by atoms with Crippen molar-refractivity contribution in [3.63, 3.8) is 0 Å². The molecule has 0 spiro atoms. The highest BCUT2D eigenvalue weighted by molar-refractivity contribution is 5.44. The second-order valence-corrected chi connectivity index (χ2v) is 6.26. The van der Waals surface area contributed by atoms with Crippen LogP contribution in [0, 0.1) is 0 Å². The van der Waals surface area contributed by atoms with Crippen molar-refractivity contribution in [1.29, 1.82) is 0 Å². The van der Waals surface area contributed by atoms with Crippen LogP contribution in [0.5, 0.6) is 0 Å². The summed E-state index contributed by atoms with van der Waals surface area (Å²) < 4.78 is 6.01. The summed E-state index contributed by atoms with van der Waals surface area (Å²) in [5.74, 6) is 0. The van der Waals surface area contributed by atoms with E-state index in [1.165, 1.54) is 5.56 Å². The molecule has 2 fully saturated rings. The van der Waals surface area contributed by atoms with Crippen molar-refractivity contribution in [1.82, 2.24) is 14.9 Å².